The van der Waals surface area contributed by atoms with E-state index in [4.69, 9.17) is 9.84 Å². The molecule has 2 aromatic rings. The molecule has 2 rings (SSSR count). The van der Waals surface area contributed by atoms with E-state index in [1.807, 2.05) is 0 Å². The van der Waals surface area contributed by atoms with E-state index in [-0.39, 0.29) is 17.3 Å². The van der Waals surface area contributed by atoms with Crippen LogP contribution in [-0.2, 0) is 0 Å². The summed E-state index contributed by atoms with van der Waals surface area (Å²) in [5.74, 6) is 0.306. The van der Waals surface area contributed by atoms with Crippen molar-refractivity contribution in [3.05, 3.63) is 65.7 Å². The number of phenols is 1. The molecule has 0 heterocycles. The lowest BCUT2D eigenvalue weighted by Gasteiger charge is -2.03. The summed E-state index contributed by atoms with van der Waals surface area (Å²) in [4.78, 5) is 11.9. The highest BCUT2D eigenvalue weighted by atomic mass is 16.5. The number of hydrogen-bond donors (Lipinski definition) is 2. The molecule has 0 atom stereocenters. The van der Waals surface area contributed by atoms with Gasteiger partial charge in [0.1, 0.15) is 17.3 Å². The van der Waals surface area contributed by atoms with Crippen molar-refractivity contribution in [3.8, 4) is 11.5 Å². The van der Waals surface area contributed by atoms with Gasteiger partial charge in [-0.25, -0.2) is 0 Å². The van der Waals surface area contributed by atoms with Gasteiger partial charge in [-0.2, -0.15) is 0 Å². The van der Waals surface area contributed by atoms with Crippen molar-refractivity contribution in [1.82, 2.24) is 0 Å². The molecule has 0 aliphatic carbocycles. The fraction of sp³-hybridized carbons (Fsp3) is 0.0625. The molecule has 0 radical (unpaired) electrons. The molecule has 0 unspecified atom stereocenters. The lowest BCUT2D eigenvalue weighted by atomic mass is 10.1. The van der Waals surface area contributed by atoms with Crippen LogP contribution in [0.1, 0.15) is 15.9 Å². The predicted octanol–water partition coefficient (Wildman–Crippen LogP) is 3.18. The second kappa shape index (κ2) is 5.93. The molecule has 0 saturated heterocycles. The molecule has 102 valence electrons. The quantitative estimate of drug-likeness (QED) is 0.508. The summed E-state index contributed by atoms with van der Waals surface area (Å²) < 4.78 is 5.02. The number of hydrogen-bond acceptors (Lipinski definition) is 4. The van der Waals surface area contributed by atoms with E-state index >= 15 is 0 Å². The van der Waals surface area contributed by atoms with E-state index in [0.717, 1.165) is 6.08 Å². The number of allylic oxidation sites excluding steroid dienone is 1. The number of carbonyl (C=O) groups excluding carboxylic acids is 1. The van der Waals surface area contributed by atoms with Crippen LogP contribution in [0, 0.1) is 0 Å². The van der Waals surface area contributed by atoms with Crippen molar-refractivity contribution in [2.24, 2.45) is 0 Å². The zero-order valence-electron chi connectivity index (χ0n) is 10.9. The first-order valence-electron chi connectivity index (χ1n) is 5.98. The number of carbonyl (C=O) groups is 1. The largest absolute Gasteiger partial charge is 0.508 e. The van der Waals surface area contributed by atoms with Crippen molar-refractivity contribution >= 4 is 11.5 Å². The number of benzene rings is 2. The Morgan fingerprint density at radius 3 is 2.10 bits per heavy atom. The molecule has 0 spiro atoms. The average Bonchev–Trinajstić information content (AvgIpc) is 2.48. The summed E-state index contributed by atoms with van der Waals surface area (Å²) >= 11 is 0. The van der Waals surface area contributed by atoms with Crippen molar-refractivity contribution in [1.29, 1.82) is 0 Å². The Labute approximate surface area is 116 Å². The summed E-state index contributed by atoms with van der Waals surface area (Å²) in [6, 6.07) is 12.6. The Morgan fingerprint density at radius 1 is 1.00 bits per heavy atom. The Kier molecular flexibility index (Phi) is 4.05. The van der Waals surface area contributed by atoms with Crippen LogP contribution >= 0.6 is 0 Å². The number of rotatable bonds is 4. The summed E-state index contributed by atoms with van der Waals surface area (Å²) in [5.41, 5.74) is 0.917. The Bertz CT molecular complexity index is 625. The van der Waals surface area contributed by atoms with Crippen LogP contribution in [0.15, 0.2) is 54.6 Å². The summed E-state index contributed by atoms with van der Waals surface area (Å²) in [6.07, 6.45) is 1.15. The van der Waals surface area contributed by atoms with Gasteiger partial charge in [0.15, 0.2) is 5.78 Å². The molecule has 0 aliphatic rings. The van der Waals surface area contributed by atoms with Crippen LogP contribution in [0.3, 0.4) is 0 Å². The van der Waals surface area contributed by atoms with E-state index in [9.17, 15) is 9.90 Å². The second-order valence-electron chi connectivity index (χ2n) is 4.17. The molecular formula is C16H14O4. The molecule has 0 aromatic heterocycles. The van der Waals surface area contributed by atoms with E-state index < -0.39 is 0 Å². The van der Waals surface area contributed by atoms with Gasteiger partial charge in [0.25, 0.3) is 0 Å². The van der Waals surface area contributed by atoms with Gasteiger partial charge in [0.2, 0.25) is 0 Å². The summed E-state index contributed by atoms with van der Waals surface area (Å²) in [5, 5.41) is 19.1. The molecule has 0 bridgehead atoms. The highest BCUT2D eigenvalue weighted by Gasteiger charge is 2.06. The van der Waals surface area contributed by atoms with E-state index in [2.05, 4.69) is 0 Å². The SMILES string of the molecule is COc1ccc(/C(O)=C/C(=O)c2ccc(O)cc2)cc1. The first-order chi connectivity index (χ1) is 9.60. The van der Waals surface area contributed by atoms with Gasteiger partial charge in [-0.3, -0.25) is 4.79 Å². The van der Waals surface area contributed by atoms with E-state index in [1.54, 1.807) is 31.4 Å². The van der Waals surface area contributed by atoms with Crippen molar-refractivity contribution in [3.63, 3.8) is 0 Å². The standard InChI is InChI=1S/C16H14O4/c1-20-14-8-4-12(5-9-14)16(19)10-15(18)11-2-6-13(17)7-3-11/h2-10,17,19H,1H3/b16-10-. The fourth-order valence-electron chi connectivity index (χ4n) is 1.68. The van der Waals surface area contributed by atoms with Gasteiger partial charge in [-0.1, -0.05) is 0 Å². The fourth-order valence-corrected chi connectivity index (χ4v) is 1.68. The molecule has 2 aromatic carbocycles. The second-order valence-corrected chi connectivity index (χ2v) is 4.17. The third-order valence-corrected chi connectivity index (χ3v) is 2.81. The third-order valence-electron chi connectivity index (χ3n) is 2.81. The molecule has 4 heteroatoms. The molecule has 0 fully saturated rings. The van der Waals surface area contributed by atoms with E-state index in [1.165, 1.54) is 24.3 Å². The maximum absolute atomic E-state index is 11.9. The molecule has 4 nitrogen and oxygen atoms in total. The number of phenolic OH excluding ortho intramolecular Hbond substituents is 1. The number of ether oxygens (including phenoxy) is 1. The van der Waals surface area contributed by atoms with Crippen molar-refractivity contribution in [2.75, 3.05) is 7.11 Å². The zero-order chi connectivity index (χ0) is 14.5. The van der Waals surface area contributed by atoms with Gasteiger partial charge in [0, 0.05) is 17.2 Å². The Hall–Kier alpha value is -2.75. The summed E-state index contributed by atoms with van der Waals surface area (Å²) in [7, 11) is 1.55. The first kappa shape index (κ1) is 13.7. The number of aliphatic hydroxyl groups is 1. The highest BCUT2D eigenvalue weighted by Crippen LogP contribution is 2.18. The smallest absolute Gasteiger partial charge is 0.189 e. The molecule has 0 aliphatic heterocycles. The van der Waals surface area contributed by atoms with Crippen LogP contribution in [0.2, 0.25) is 0 Å². The minimum absolute atomic E-state index is 0.0879. The maximum Gasteiger partial charge on any atom is 0.189 e. The Morgan fingerprint density at radius 2 is 1.55 bits per heavy atom. The normalized spacial score (nSPS) is 11.2. The van der Waals surface area contributed by atoms with Gasteiger partial charge in [0.05, 0.1) is 7.11 Å². The lowest BCUT2D eigenvalue weighted by molar-refractivity contribution is 0.104. The molecule has 0 saturated carbocycles. The van der Waals surface area contributed by atoms with Crippen LogP contribution in [-0.4, -0.2) is 23.1 Å². The minimum Gasteiger partial charge on any atom is -0.508 e. The van der Waals surface area contributed by atoms with Crippen molar-refractivity contribution in [2.45, 2.75) is 0 Å². The minimum atomic E-state index is -0.335. The van der Waals surface area contributed by atoms with Crippen molar-refractivity contribution < 1.29 is 19.7 Å². The maximum atomic E-state index is 11.9. The Balaban J connectivity index is 2.20. The molecular weight excluding hydrogens is 256 g/mol. The number of aliphatic hydroxyl groups excluding tert-OH is 1. The third kappa shape index (κ3) is 3.17. The predicted molar refractivity (Wildman–Crippen MR) is 76.0 cm³/mol. The van der Waals surface area contributed by atoms with Gasteiger partial charge in [-0.15, -0.1) is 0 Å². The monoisotopic (exact) mass is 270 g/mol. The molecule has 0 amide bonds. The van der Waals surface area contributed by atoms with Gasteiger partial charge >= 0.3 is 0 Å². The number of ketones is 1. The van der Waals surface area contributed by atoms with Gasteiger partial charge < -0.3 is 14.9 Å². The van der Waals surface area contributed by atoms with Gasteiger partial charge in [-0.05, 0) is 48.5 Å². The number of aromatic hydroxyl groups is 1. The first-order valence-corrected chi connectivity index (χ1v) is 5.98. The topological polar surface area (TPSA) is 66.8 Å². The molecule has 2 N–H and O–H groups in total. The zero-order valence-corrected chi connectivity index (χ0v) is 10.9. The highest BCUT2D eigenvalue weighted by molar-refractivity contribution is 6.07. The van der Waals surface area contributed by atoms with Crippen LogP contribution in [0.4, 0.5) is 0 Å². The number of methoxy groups -OCH3 is 1. The van der Waals surface area contributed by atoms with E-state index in [0.29, 0.717) is 16.9 Å². The lowest BCUT2D eigenvalue weighted by Crippen LogP contribution is -1.96. The van der Waals surface area contributed by atoms with Crippen LogP contribution in [0.5, 0.6) is 11.5 Å². The van der Waals surface area contributed by atoms with Crippen LogP contribution < -0.4 is 4.74 Å². The summed E-state index contributed by atoms with van der Waals surface area (Å²) in [6.45, 7) is 0. The molecule has 20 heavy (non-hydrogen) atoms. The average molecular weight is 270 g/mol. The van der Waals surface area contributed by atoms with Crippen LogP contribution in [0.25, 0.3) is 5.76 Å².